The Kier molecular flexibility index (Phi) is 6.13. The number of nitrogens with one attached hydrogen (secondary N) is 1. The minimum absolute atomic E-state index is 0.0560. The average molecular weight is 347 g/mol. The molecule has 25 heavy (non-hydrogen) atoms. The van der Waals surface area contributed by atoms with Gasteiger partial charge in [-0.2, -0.15) is 0 Å². The van der Waals surface area contributed by atoms with Gasteiger partial charge in [0.25, 0.3) is 5.56 Å². The van der Waals surface area contributed by atoms with Gasteiger partial charge in [-0.3, -0.25) is 4.79 Å². The first-order valence-electron chi connectivity index (χ1n) is 9.52. The number of nitrogens with zero attached hydrogens (tertiary/aromatic N) is 2. The largest absolute Gasteiger partial charge is 0.450 e. The van der Waals surface area contributed by atoms with Crippen LogP contribution in [0.25, 0.3) is 0 Å². The van der Waals surface area contributed by atoms with Crippen LogP contribution in [0.4, 0.5) is 4.79 Å². The van der Waals surface area contributed by atoms with Crippen molar-refractivity contribution >= 4 is 6.09 Å². The van der Waals surface area contributed by atoms with Gasteiger partial charge in [0.2, 0.25) is 0 Å². The molecule has 2 saturated heterocycles. The summed E-state index contributed by atoms with van der Waals surface area (Å²) in [7, 11) is 0. The number of hydrogen-bond donors (Lipinski definition) is 1. The van der Waals surface area contributed by atoms with E-state index in [1.54, 1.807) is 6.20 Å². The van der Waals surface area contributed by atoms with E-state index in [0.717, 1.165) is 63.8 Å². The summed E-state index contributed by atoms with van der Waals surface area (Å²) in [6.45, 7) is 5.92. The lowest BCUT2D eigenvalue weighted by atomic mass is 9.89. The molecule has 138 valence electrons. The molecule has 3 heterocycles. The van der Waals surface area contributed by atoms with Gasteiger partial charge >= 0.3 is 6.09 Å². The number of amides is 1. The summed E-state index contributed by atoms with van der Waals surface area (Å²) in [6.07, 6.45) is 6.76. The number of H-pyrrole nitrogens is 1. The highest BCUT2D eigenvalue weighted by Crippen LogP contribution is 2.29. The smallest absolute Gasteiger partial charge is 0.409 e. The summed E-state index contributed by atoms with van der Waals surface area (Å²) < 4.78 is 5.13. The molecule has 2 aliphatic rings. The van der Waals surface area contributed by atoms with Crippen LogP contribution in [0, 0.1) is 0 Å². The van der Waals surface area contributed by atoms with E-state index in [0.29, 0.717) is 18.6 Å². The van der Waals surface area contributed by atoms with Crippen molar-refractivity contribution in [2.24, 2.45) is 0 Å². The highest BCUT2D eigenvalue weighted by Gasteiger charge is 2.29. The topological polar surface area (TPSA) is 65.6 Å². The van der Waals surface area contributed by atoms with Gasteiger partial charge in [0.05, 0.1) is 6.61 Å². The number of rotatable bonds is 3. The first-order valence-corrected chi connectivity index (χ1v) is 9.52. The summed E-state index contributed by atoms with van der Waals surface area (Å²) in [5.41, 5.74) is 0.983. The normalized spacial score (nSPS) is 23.2. The predicted octanol–water partition coefficient (Wildman–Crippen LogP) is 2.57. The first-order chi connectivity index (χ1) is 12.2. The molecule has 0 aromatic carbocycles. The molecule has 1 unspecified atom stereocenters. The monoisotopic (exact) mass is 347 g/mol. The van der Waals surface area contributed by atoms with Crippen molar-refractivity contribution in [3.05, 3.63) is 34.2 Å². The predicted molar refractivity (Wildman–Crippen MR) is 96.8 cm³/mol. The van der Waals surface area contributed by atoms with Crippen molar-refractivity contribution in [2.75, 3.05) is 32.8 Å². The molecule has 3 rings (SSSR count). The Morgan fingerprint density at radius 2 is 2.00 bits per heavy atom. The Morgan fingerprint density at radius 1 is 1.20 bits per heavy atom. The molecule has 0 saturated carbocycles. The van der Waals surface area contributed by atoms with Crippen molar-refractivity contribution in [3.8, 4) is 0 Å². The molecule has 6 nitrogen and oxygen atoms in total. The van der Waals surface area contributed by atoms with E-state index in [4.69, 9.17) is 4.74 Å². The Morgan fingerprint density at radius 3 is 2.72 bits per heavy atom. The van der Waals surface area contributed by atoms with Gasteiger partial charge in [-0.25, -0.2) is 4.79 Å². The highest BCUT2D eigenvalue weighted by molar-refractivity contribution is 5.67. The number of hydrogen-bond acceptors (Lipinski definition) is 4. The van der Waals surface area contributed by atoms with Crippen LogP contribution < -0.4 is 5.56 Å². The van der Waals surface area contributed by atoms with Crippen LogP contribution in [0.5, 0.6) is 0 Å². The molecule has 0 radical (unpaired) electrons. The molecular formula is C19H29N3O3. The average Bonchev–Trinajstić information content (AvgIpc) is 2.89. The summed E-state index contributed by atoms with van der Waals surface area (Å²) in [5, 5.41) is 0. The van der Waals surface area contributed by atoms with E-state index in [-0.39, 0.29) is 11.7 Å². The molecule has 1 N–H and O–H groups in total. The van der Waals surface area contributed by atoms with Gasteiger partial charge in [-0.05, 0) is 64.1 Å². The van der Waals surface area contributed by atoms with Gasteiger partial charge in [-0.15, -0.1) is 0 Å². The number of likely N-dealkylation sites (tertiary alicyclic amines) is 2. The molecule has 1 aromatic rings. The van der Waals surface area contributed by atoms with Crippen LogP contribution in [0.3, 0.4) is 0 Å². The van der Waals surface area contributed by atoms with E-state index < -0.39 is 0 Å². The maximum absolute atomic E-state index is 12.0. The standard InChI is InChI=1S/C19H29N3O3/c1-2-25-19(24)22-11-4-5-16(9-14-22)21-12-7-15(8-13-21)17-6-3-10-20-18(17)23/h3,6,10,15-16H,2,4-5,7-9,11-14H2,1H3,(H,20,23). The van der Waals surface area contributed by atoms with Crippen LogP contribution in [0.1, 0.15) is 50.5 Å². The fourth-order valence-electron chi connectivity index (χ4n) is 4.17. The lowest BCUT2D eigenvalue weighted by molar-refractivity contribution is 0.105. The number of aromatic amines is 1. The lowest BCUT2D eigenvalue weighted by Gasteiger charge is -2.37. The molecule has 1 aromatic heterocycles. The first kappa shape index (κ1) is 18.0. The van der Waals surface area contributed by atoms with Crippen LogP contribution >= 0.6 is 0 Å². The van der Waals surface area contributed by atoms with Gasteiger partial charge in [0.15, 0.2) is 0 Å². The third kappa shape index (κ3) is 4.42. The van der Waals surface area contributed by atoms with Crippen molar-refractivity contribution in [2.45, 2.75) is 51.0 Å². The van der Waals surface area contributed by atoms with Gasteiger partial charge in [0, 0.05) is 30.9 Å². The Bertz CT molecular complexity index is 622. The van der Waals surface area contributed by atoms with Crippen molar-refractivity contribution in [1.29, 1.82) is 0 Å². The minimum Gasteiger partial charge on any atom is -0.450 e. The molecule has 0 bridgehead atoms. The van der Waals surface area contributed by atoms with Crippen molar-refractivity contribution < 1.29 is 9.53 Å². The molecule has 1 amide bonds. The van der Waals surface area contributed by atoms with Crippen LogP contribution in [0.15, 0.2) is 23.1 Å². The number of pyridine rings is 1. The summed E-state index contributed by atoms with van der Waals surface area (Å²) in [5.74, 6) is 0.364. The van der Waals surface area contributed by atoms with E-state index in [1.807, 2.05) is 24.0 Å². The van der Waals surface area contributed by atoms with Gasteiger partial charge < -0.3 is 19.5 Å². The number of piperidine rings is 1. The van der Waals surface area contributed by atoms with E-state index >= 15 is 0 Å². The van der Waals surface area contributed by atoms with Gasteiger partial charge in [0.1, 0.15) is 0 Å². The molecule has 0 aliphatic carbocycles. The lowest BCUT2D eigenvalue weighted by Crippen LogP contribution is -2.42. The Balaban J connectivity index is 1.52. The fourth-order valence-corrected chi connectivity index (χ4v) is 4.17. The van der Waals surface area contributed by atoms with E-state index in [9.17, 15) is 9.59 Å². The zero-order chi connectivity index (χ0) is 17.6. The second kappa shape index (κ2) is 8.52. The second-order valence-electron chi connectivity index (χ2n) is 7.04. The third-order valence-corrected chi connectivity index (χ3v) is 5.56. The third-order valence-electron chi connectivity index (χ3n) is 5.56. The van der Waals surface area contributed by atoms with E-state index in [2.05, 4.69) is 9.88 Å². The van der Waals surface area contributed by atoms with E-state index in [1.165, 1.54) is 0 Å². The number of carbonyl (C=O) groups excluding carboxylic acids is 1. The minimum atomic E-state index is -0.176. The van der Waals surface area contributed by atoms with Gasteiger partial charge in [-0.1, -0.05) is 6.07 Å². The zero-order valence-electron chi connectivity index (χ0n) is 15.1. The molecule has 0 spiro atoms. The maximum Gasteiger partial charge on any atom is 0.409 e. The molecular weight excluding hydrogens is 318 g/mol. The SMILES string of the molecule is CCOC(=O)N1CCCC(N2CCC(c3ccc[nH]c3=O)CC2)CC1. The van der Waals surface area contributed by atoms with Crippen molar-refractivity contribution in [1.82, 2.24) is 14.8 Å². The van der Waals surface area contributed by atoms with Crippen molar-refractivity contribution in [3.63, 3.8) is 0 Å². The second-order valence-corrected chi connectivity index (χ2v) is 7.04. The Hall–Kier alpha value is -1.82. The number of aromatic nitrogens is 1. The maximum atomic E-state index is 12.0. The molecule has 1 atom stereocenters. The highest BCUT2D eigenvalue weighted by atomic mass is 16.6. The number of carbonyl (C=O) groups is 1. The van der Waals surface area contributed by atoms with Crippen LogP contribution in [0.2, 0.25) is 0 Å². The number of ether oxygens (including phenoxy) is 1. The Labute approximate surface area is 149 Å². The quantitative estimate of drug-likeness (QED) is 0.913. The molecule has 2 fully saturated rings. The molecule has 2 aliphatic heterocycles. The summed E-state index contributed by atoms with van der Waals surface area (Å²) >= 11 is 0. The van der Waals surface area contributed by atoms with Crippen LogP contribution in [-0.4, -0.2) is 59.7 Å². The van der Waals surface area contributed by atoms with Crippen LogP contribution in [-0.2, 0) is 4.74 Å². The zero-order valence-corrected chi connectivity index (χ0v) is 15.1. The molecule has 6 heteroatoms. The summed E-state index contributed by atoms with van der Waals surface area (Å²) in [4.78, 5) is 31.1. The summed E-state index contributed by atoms with van der Waals surface area (Å²) in [6, 6.07) is 4.41. The fraction of sp³-hybridized carbons (Fsp3) is 0.684.